The van der Waals surface area contributed by atoms with E-state index in [2.05, 4.69) is 9.97 Å². The predicted molar refractivity (Wildman–Crippen MR) is 72.8 cm³/mol. The van der Waals surface area contributed by atoms with Gasteiger partial charge in [-0.25, -0.2) is 0 Å². The number of aliphatic hydroxyl groups is 3. The Labute approximate surface area is 119 Å². The van der Waals surface area contributed by atoms with E-state index in [0.717, 1.165) is 0 Å². The first-order valence-corrected chi connectivity index (χ1v) is 6.44. The van der Waals surface area contributed by atoms with Crippen LogP contribution in [0.5, 0.6) is 0 Å². The van der Waals surface area contributed by atoms with Crippen molar-refractivity contribution in [3.05, 3.63) is 10.4 Å². The number of H-pyrrole nitrogens is 1. The number of anilines is 3. The van der Waals surface area contributed by atoms with Crippen molar-refractivity contribution in [3.63, 3.8) is 0 Å². The summed E-state index contributed by atoms with van der Waals surface area (Å²) in [7, 11) is 1.69. The average Bonchev–Trinajstić information content (AvgIpc) is 2.89. The molecule has 4 atom stereocenters. The summed E-state index contributed by atoms with van der Waals surface area (Å²) in [6.07, 6.45) is -4.26. The fourth-order valence-corrected chi connectivity index (χ4v) is 2.72. The first kappa shape index (κ1) is 14.1. The number of nitrogens with two attached hydrogens (primary N) is 1. The molecule has 1 saturated heterocycles. The molecule has 1 fully saturated rings. The molecule has 2 aliphatic rings. The molecular formula is C11H17N5O5. The summed E-state index contributed by atoms with van der Waals surface area (Å²) in [5.74, 6) is 0.222. The van der Waals surface area contributed by atoms with Crippen LogP contribution in [0.25, 0.3) is 0 Å². The fraction of sp³-hybridized carbons (Fsp3) is 0.636. The van der Waals surface area contributed by atoms with Gasteiger partial charge in [-0.15, -0.1) is 0 Å². The highest BCUT2D eigenvalue weighted by Crippen LogP contribution is 2.35. The van der Waals surface area contributed by atoms with Crippen LogP contribution in [0, 0.1) is 0 Å². The van der Waals surface area contributed by atoms with E-state index in [0.29, 0.717) is 5.69 Å². The lowest BCUT2D eigenvalue weighted by Gasteiger charge is -2.27. The minimum absolute atomic E-state index is 0.0502. The van der Waals surface area contributed by atoms with E-state index in [1.165, 1.54) is 4.90 Å². The molecule has 3 rings (SSSR count). The third kappa shape index (κ3) is 2.03. The highest BCUT2D eigenvalue weighted by atomic mass is 16.6. The zero-order valence-electron chi connectivity index (χ0n) is 11.3. The third-order valence-electron chi connectivity index (χ3n) is 3.74. The summed E-state index contributed by atoms with van der Waals surface area (Å²) in [5, 5.41) is 29.0. The second-order valence-corrected chi connectivity index (χ2v) is 5.16. The van der Waals surface area contributed by atoms with Gasteiger partial charge in [0.2, 0.25) is 5.95 Å². The molecule has 0 saturated carbocycles. The smallest absolute Gasteiger partial charge is 0.278 e. The molecule has 2 aliphatic heterocycles. The van der Waals surface area contributed by atoms with Crippen LogP contribution in [0.2, 0.25) is 0 Å². The quantitative estimate of drug-likeness (QED) is 0.385. The Bertz CT molecular complexity index is 607. The molecule has 0 amide bonds. The zero-order chi connectivity index (χ0) is 15.3. The Morgan fingerprint density at radius 3 is 2.81 bits per heavy atom. The molecule has 0 spiro atoms. The molecule has 0 aromatic carbocycles. The predicted octanol–water partition coefficient (Wildman–Crippen LogP) is -3.00. The Hall–Kier alpha value is -1.88. The summed E-state index contributed by atoms with van der Waals surface area (Å²) in [4.78, 5) is 21.6. The van der Waals surface area contributed by atoms with E-state index in [-0.39, 0.29) is 18.4 Å². The van der Waals surface area contributed by atoms with Gasteiger partial charge in [0.1, 0.15) is 24.0 Å². The molecular weight excluding hydrogens is 282 g/mol. The number of aromatic amines is 1. The van der Waals surface area contributed by atoms with Crippen molar-refractivity contribution in [1.29, 1.82) is 0 Å². The van der Waals surface area contributed by atoms with Gasteiger partial charge < -0.3 is 35.6 Å². The summed E-state index contributed by atoms with van der Waals surface area (Å²) in [5.41, 5.74) is 5.46. The molecule has 0 radical (unpaired) electrons. The first-order chi connectivity index (χ1) is 9.93. The number of rotatable bonds is 2. The van der Waals surface area contributed by atoms with Gasteiger partial charge in [-0.1, -0.05) is 0 Å². The van der Waals surface area contributed by atoms with E-state index in [4.69, 9.17) is 15.6 Å². The van der Waals surface area contributed by atoms with Crippen LogP contribution < -0.4 is 21.1 Å². The molecule has 10 heteroatoms. The maximum Gasteiger partial charge on any atom is 0.278 e. The summed E-state index contributed by atoms with van der Waals surface area (Å²) in [6, 6.07) is 0. The van der Waals surface area contributed by atoms with Gasteiger partial charge in [0.05, 0.1) is 13.3 Å². The molecule has 6 N–H and O–H groups in total. The van der Waals surface area contributed by atoms with Gasteiger partial charge in [0, 0.05) is 7.05 Å². The Balaban J connectivity index is 1.99. The highest BCUT2D eigenvalue weighted by molar-refractivity contribution is 5.72. The van der Waals surface area contributed by atoms with E-state index < -0.39 is 36.7 Å². The Morgan fingerprint density at radius 1 is 1.48 bits per heavy atom. The lowest BCUT2D eigenvalue weighted by Crippen LogP contribution is -2.45. The number of aromatic nitrogens is 2. The number of aliphatic hydroxyl groups excluding tert-OH is 3. The topological polar surface area (TPSA) is 148 Å². The van der Waals surface area contributed by atoms with Crippen molar-refractivity contribution >= 4 is 17.5 Å². The van der Waals surface area contributed by atoms with Crippen molar-refractivity contribution in [2.24, 2.45) is 0 Å². The number of nitrogen functional groups attached to an aromatic ring is 1. The number of nitrogens with one attached hydrogen (secondary N) is 1. The van der Waals surface area contributed by atoms with Crippen LogP contribution in [0.15, 0.2) is 4.79 Å². The maximum atomic E-state index is 11.9. The van der Waals surface area contributed by atoms with Gasteiger partial charge in [0.15, 0.2) is 12.0 Å². The lowest BCUT2D eigenvalue weighted by atomic mass is 10.1. The van der Waals surface area contributed by atoms with Crippen LogP contribution in [0.1, 0.15) is 0 Å². The minimum atomic E-state index is -1.23. The molecule has 0 unspecified atom stereocenters. The minimum Gasteiger partial charge on any atom is -0.394 e. The molecule has 10 nitrogen and oxygen atoms in total. The van der Waals surface area contributed by atoms with Crippen molar-refractivity contribution in [3.8, 4) is 0 Å². The molecule has 116 valence electrons. The van der Waals surface area contributed by atoms with E-state index in [1.54, 1.807) is 11.9 Å². The van der Waals surface area contributed by atoms with Crippen LogP contribution in [0.4, 0.5) is 17.5 Å². The second kappa shape index (κ2) is 4.84. The van der Waals surface area contributed by atoms with Crippen LogP contribution in [-0.4, -0.2) is 70.2 Å². The van der Waals surface area contributed by atoms with Crippen molar-refractivity contribution in [1.82, 2.24) is 9.97 Å². The van der Waals surface area contributed by atoms with Crippen LogP contribution in [0.3, 0.4) is 0 Å². The molecule has 0 bridgehead atoms. The summed E-state index contributed by atoms with van der Waals surface area (Å²) < 4.78 is 5.46. The average molecular weight is 299 g/mol. The van der Waals surface area contributed by atoms with Gasteiger partial charge >= 0.3 is 0 Å². The number of fused-ring (bicyclic) bond motifs is 1. The SMILES string of the molecule is CN1CN([C@H]2O[C@H](CO)[C@@H](O)[C@H]2O)c2nc(N)[nH]c(=O)c21. The highest BCUT2D eigenvalue weighted by Gasteiger charge is 2.48. The zero-order valence-corrected chi connectivity index (χ0v) is 11.3. The Kier molecular flexibility index (Phi) is 3.24. The normalized spacial score (nSPS) is 31.8. The number of hydrogen-bond donors (Lipinski definition) is 5. The largest absolute Gasteiger partial charge is 0.394 e. The van der Waals surface area contributed by atoms with E-state index >= 15 is 0 Å². The number of hydrogen-bond acceptors (Lipinski definition) is 9. The monoisotopic (exact) mass is 299 g/mol. The summed E-state index contributed by atoms with van der Waals surface area (Å²) >= 11 is 0. The maximum absolute atomic E-state index is 11.9. The van der Waals surface area contributed by atoms with Crippen molar-refractivity contribution < 1.29 is 20.1 Å². The van der Waals surface area contributed by atoms with Gasteiger partial charge in [0.25, 0.3) is 5.56 Å². The number of ether oxygens (including phenoxy) is 1. The first-order valence-electron chi connectivity index (χ1n) is 6.44. The summed E-state index contributed by atoms with van der Waals surface area (Å²) in [6.45, 7) is -0.183. The molecule has 1 aromatic heterocycles. The second-order valence-electron chi connectivity index (χ2n) is 5.16. The van der Waals surface area contributed by atoms with E-state index in [1.807, 2.05) is 0 Å². The lowest BCUT2D eigenvalue weighted by molar-refractivity contribution is -0.0221. The van der Waals surface area contributed by atoms with E-state index in [9.17, 15) is 15.0 Å². The number of nitrogens with zero attached hydrogens (tertiary/aromatic N) is 3. The molecule has 0 aliphatic carbocycles. The van der Waals surface area contributed by atoms with Crippen molar-refractivity contribution in [2.45, 2.75) is 24.5 Å². The molecule has 21 heavy (non-hydrogen) atoms. The molecule has 1 aromatic rings. The van der Waals surface area contributed by atoms with Crippen LogP contribution in [-0.2, 0) is 4.74 Å². The molecule has 3 heterocycles. The van der Waals surface area contributed by atoms with Crippen molar-refractivity contribution in [2.75, 3.05) is 35.9 Å². The van der Waals surface area contributed by atoms with Gasteiger partial charge in [-0.05, 0) is 0 Å². The standard InChI is InChI=1S/C11H17N5O5/c1-15-3-16(8-5(15)9(20)14-11(12)13-8)10-7(19)6(18)4(2-17)21-10/h4,6-7,10,17-19H,2-3H2,1H3,(H3,12,13,14,20)/t4-,6-,7-,10+/m1/s1. The third-order valence-corrected chi connectivity index (χ3v) is 3.74. The van der Waals surface area contributed by atoms with Gasteiger partial charge in [-0.3, -0.25) is 9.78 Å². The fourth-order valence-electron chi connectivity index (χ4n) is 2.72. The Morgan fingerprint density at radius 2 is 2.19 bits per heavy atom. The van der Waals surface area contributed by atoms with Gasteiger partial charge in [-0.2, -0.15) is 4.98 Å². The van der Waals surface area contributed by atoms with Crippen LogP contribution >= 0.6 is 0 Å².